The van der Waals surface area contributed by atoms with Gasteiger partial charge in [0.15, 0.2) is 5.96 Å². The van der Waals surface area contributed by atoms with Crippen molar-refractivity contribution in [2.24, 2.45) is 4.99 Å². The monoisotopic (exact) mass is 382 g/mol. The lowest BCUT2D eigenvalue weighted by Crippen LogP contribution is -2.44. The summed E-state index contributed by atoms with van der Waals surface area (Å²) in [6, 6.07) is 14.0. The number of piperazine rings is 1. The van der Waals surface area contributed by atoms with Gasteiger partial charge in [-0.3, -0.25) is 4.99 Å². The van der Waals surface area contributed by atoms with E-state index in [1.807, 2.05) is 42.6 Å². The molecule has 0 atom stereocenters. The zero-order valence-corrected chi connectivity index (χ0v) is 16.8. The number of anilines is 1. The van der Waals surface area contributed by atoms with Crippen molar-refractivity contribution in [2.75, 3.05) is 58.3 Å². The van der Waals surface area contributed by atoms with Gasteiger partial charge in [0.1, 0.15) is 18.2 Å². The Morgan fingerprint density at radius 3 is 2.64 bits per heavy atom. The highest BCUT2D eigenvalue weighted by Gasteiger charge is 2.15. The highest BCUT2D eigenvalue weighted by molar-refractivity contribution is 5.79. The molecule has 1 fully saturated rings. The third kappa shape index (κ3) is 6.13. The molecule has 1 aliphatic rings. The maximum atomic E-state index is 5.69. The second-order valence-electron chi connectivity index (χ2n) is 6.83. The molecule has 0 radical (unpaired) electrons. The molecule has 150 valence electrons. The Morgan fingerprint density at radius 1 is 1.11 bits per heavy atom. The van der Waals surface area contributed by atoms with Crippen molar-refractivity contribution in [1.29, 1.82) is 0 Å². The summed E-state index contributed by atoms with van der Waals surface area (Å²) in [5.74, 6) is 2.68. The number of aromatic nitrogens is 1. The van der Waals surface area contributed by atoms with E-state index >= 15 is 0 Å². The number of nitrogens with one attached hydrogen (secondary N) is 2. The van der Waals surface area contributed by atoms with E-state index < -0.39 is 0 Å². The molecule has 1 aromatic heterocycles. The van der Waals surface area contributed by atoms with Crippen molar-refractivity contribution in [2.45, 2.75) is 6.54 Å². The Labute approximate surface area is 167 Å². The number of ether oxygens (including phenoxy) is 1. The fourth-order valence-electron chi connectivity index (χ4n) is 3.04. The standard InChI is InChI=1S/C21H30N6O/c1-22-21(24-10-15-28-19-6-4-3-5-7-19)25-17-18-8-9-23-20(16-18)27-13-11-26(2)12-14-27/h3-9,16H,10-15,17H2,1-2H3,(H2,22,24,25). The van der Waals surface area contributed by atoms with E-state index in [1.54, 1.807) is 7.05 Å². The van der Waals surface area contributed by atoms with E-state index in [-0.39, 0.29) is 0 Å². The van der Waals surface area contributed by atoms with Crippen molar-refractivity contribution in [3.8, 4) is 5.75 Å². The first kappa shape index (κ1) is 19.9. The van der Waals surface area contributed by atoms with Gasteiger partial charge < -0.3 is 25.2 Å². The van der Waals surface area contributed by atoms with Crippen LogP contribution in [0.3, 0.4) is 0 Å². The van der Waals surface area contributed by atoms with Crippen LogP contribution in [0.25, 0.3) is 0 Å². The minimum absolute atomic E-state index is 0.577. The molecule has 3 rings (SSSR count). The van der Waals surface area contributed by atoms with E-state index in [4.69, 9.17) is 4.74 Å². The minimum atomic E-state index is 0.577. The summed E-state index contributed by atoms with van der Waals surface area (Å²) in [5.41, 5.74) is 1.19. The predicted octanol–water partition coefficient (Wildman–Crippen LogP) is 1.58. The van der Waals surface area contributed by atoms with Gasteiger partial charge in [-0.1, -0.05) is 18.2 Å². The van der Waals surface area contributed by atoms with Gasteiger partial charge in [-0.25, -0.2) is 4.98 Å². The summed E-state index contributed by atoms with van der Waals surface area (Å²) < 4.78 is 5.69. The number of likely N-dealkylation sites (N-methyl/N-ethyl adjacent to an activating group) is 1. The Kier molecular flexibility index (Phi) is 7.49. The van der Waals surface area contributed by atoms with Gasteiger partial charge >= 0.3 is 0 Å². The third-order valence-electron chi connectivity index (χ3n) is 4.73. The number of nitrogens with zero attached hydrogens (tertiary/aromatic N) is 4. The predicted molar refractivity (Wildman–Crippen MR) is 114 cm³/mol. The van der Waals surface area contributed by atoms with Crippen LogP contribution in [0.1, 0.15) is 5.56 Å². The zero-order valence-electron chi connectivity index (χ0n) is 16.8. The topological polar surface area (TPSA) is 65.0 Å². The highest BCUT2D eigenvalue weighted by Crippen LogP contribution is 2.14. The fourth-order valence-corrected chi connectivity index (χ4v) is 3.04. The number of pyridine rings is 1. The van der Waals surface area contributed by atoms with Crippen molar-refractivity contribution in [3.05, 3.63) is 54.2 Å². The highest BCUT2D eigenvalue weighted by atomic mass is 16.5. The molecule has 0 bridgehead atoms. The molecular formula is C21H30N6O. The molecular weight excluding hydrogens is 352 g/mol. The van der Waals surface area contributed by atoms with E-state index in [2.05, 4.69) is 43.5 Å². The maximum absolute atomic E-state index is 5.69. The van der Waals surface area contributed by atoms with Crippen LogP contribution in [0.2, 0.25) is 0 Å². The van der Waals surface area contributed by atoms with Gasteiger partial charge in [0.05, 0.1) is 6.54 Å². The van der Waals surface area contributed by atoms with E-state index in [9.17, 15) is 0 Å². The molecule has 1 aliphatic heterocycles. The summed E-state index contributed by atoms with van der Waals surface area (Å²) in [5, 5.41) is 6.63. The van der Waals surface area contributed by atoms with Crippen molar-refractivity contribution >= 4 is 11.8 Å². The van der Waals surface area contributed by atoms with Crippen LogP contribution in [0, 0.1) is 0 Å². The normalized spacial score (nSPS) is 15.4. The average molecular weight is 383 g/mol. The third-order valence-corrected chi connectivity index (χ3v) is 4.73. The summed E-state index contributed by atoms with van der Waals surface area (Å²) in [7, 11) is 3.93. The van der Waals surface area contributed by atoms with Gasteiger partial charge in [-0.05, 0) is 36.9 Å². The van der Waals surface area contributed by atoms with Crippen LogP contribution >= 0.6 is 0 Å². The largest absolute Gasteiger partial charge is 0.492 e. The van der Waals surface area contributed by atoms with Crippen LogP contribution in [0.4, 0.5) is 5.82 Å². The quantitative estimate of drug-likeness (QED) is 0.431. The first-order valence-electron chi connectivity index (χ1n) is 9.75. The smallest absolute Gasteiger partial charge is 0.191 e. The minimum Gasteiger partial charge on any atom is -0.492 e. The molecule has 2 aromatic rings. The Hall–Kier alpha value is -2.80. The maximum Gasteiger partial charge on any atom is 0.191 e. The van der Waals surface area contributed by atoms with Gasteiger partial charge in [0.25, 0.3) is 0 Å². The van der Waals surface area contributed by atoms with E-state index in [0.717, 1.165) is 43.7 Å². The Morgan fingerprint density at radius 2 is 1.89 bits per heavy atom. The molecule has 0 amide bonds. The molecule has 7 nitrogen and oxygen atoms in total. The summed E-state index contributed by atoms with van der Waals surface area (Å²) in [6.45, 7) is 6.14. The van der Waals surface area contributed by atoms with Crippen molar-refractivity contribution in [3.63, 3.8) is 0 Å². The van der Waals surface area contributed by atoms with Crippen LogP contribution < -0.4 is 20.3 Å². The lowest BCUT2D eigenvalue weighted by atomic mass is 10.2. The fraction of sp³-hybridized carbons (Fsp3) is 0.429. The lowest BCUT2D eigenvalue weighted by Gasteiger charge is -2.33. The van der Waals surface area contributed by atoms with Gasteiger partial charge in [0, 0.05) is 46.0 Å². The molecule has 1 aromatic carbocycles. The summed E-state index contributed by atoms with van der Waals surface area (Å²) >= 11 is 0. The van der Waals surface area contributed by atoms with Crippen LogP contribution in [-0.2, 0) is 6.54 Å². The molecule has 7 heteroatoms. The van der Waals surface area contributed by atoms with Gasteiger partial charge in [-0.2, -0.15) is 0 Å². The molecule has 0 unspecified atom stereocenters. The lowest BCUT2D eigenvalue weighted by molar-refractivity contribution is 0.312. The summed E-state index contributed by atoms with van der Waals surface area (Å²) in [6.07, 6.45) is 1.88. The van der Waals surface area contributed by atoms with E-state index in [1.165, 1.54) is 5.56 Å². The molecule has 0 saturated carbocycles. The zero-order chi connectivity index (χ0) is 19.6. The SMILES string of the molecule is CN=C(NCCOc1ccccc1)NCc1ccnc(N2CCN(C)CC2)c1. The van der Waals surface area contributed by atoms with Crippen molar-refractivity contribution in [1.82, 2.24) is 20.5 Å². The molecule has 28 heavy (non-hydrogen) atoms. The molecule has 0 spiro atoms. The number of aliphatic imine (C=N–C) groups is 1. The second kappa shape index (κ2) is 10.5. The molecule has 1 saturated heterocycles. The molecule has 2 heterocycles. The van der Waals surface area contributed by atoms with Crippen LogP contribution in [-0.4, -0.2) is 69.3 Å². The number of para-hydroxylation sites is 1. The Balaban J connectivity index is 1.42. The average Bonchev–Trinajstić information content (AvgIpc) is 2.75. The second-order valence-corrected chi connectivity index (χ2v) is 6.83. The summed E-state index contributed by atoms with van der Waals surface area (Å²) in [4.78, 5) is 13.5. The number of hydrogen-bond acceptors (Lipinski definition) is 5. The number of guanidine groups is 1. The van der Waals surface area contributed by atoms with Crippen LogP contribution in [0.15, 0.2) is 53.7 Å². The van der Waals surface area contributed by atoms with E-state index in [0.29, 0.717) is 19.7 Å². The molecule has 0 aliphatic carbocycles. The van der Waals surface area contributed by atoms with Gasteiger partial charge in [0.2, 0.25) is 0 Å². The number of hydrogen-bond donors (Lipinski definition) is 2. The van der Waals surface area contributed by atoms with Gasteiger partial charge in [-0.15, -0.1) is 0 Å². The Bertz CT molecular complexity index is 744. The van der Waals surface area contributed by atoms with Crippen LogP contribution in [0.5, 0.6) is 5.75 Å². The number of benzene rings is 1. The van der Waals surface area contributed by atoms with Crippen molar-refractivity contribution < 1.29 is 4.74 Å². The number of rotatable bonds is 7. The molecule has 2 N–H and O–H groups in total. The first-order valence-corrected chi connectivity index (χ1v) is 9.75. The first-order chi connectivity index (χ1) is 13.7.